The second-order valence-electron chi connectivity index (χ2n) is 4.64. The van der Waals surface area contributed by atoms with E-state index >= 15 is 0 Å². The zero-order valence-electron chi connectivity index (χ0n) is 12.5. The van der Waals surface area contributed by atoms with Crippen molar-refractivity contribution in [2.24, 2.45) is 0 Å². The van der Waals surface area contributed by atoms with Crippen LogP contribution in [0.15, 0.2) is 42.6 Å². The summed E-state index contributed by atoms with van der Waals surface area (Å²) in [7, 11) is 1.55. The molecule has 0 aliphatic carbocycles. The number of nitrogens with one attached hydrogen (secondary N) is 2. The molecule has 0 saturated heterocycles. The highest BCUT2D eigenvalue weighted by Gasteiger charge is 2.12. The predicted octanol–water partition coefficient (Wildman–Crippen LogP) is 2.36. The molecule has 1 aromatic heterocycles. The molecule has 0 bridgehead atoms. The van der Waals surface area contributed by atoms with Crippen LogP contribution in [0, 0.1) is 0 Å². The molecule has 0 atom stereocenters. The monoisotopic (exact) mass is 333 g/mol. The van der Waals surface area contributed by atoms with E-state index in [0.717, 1.165) is 0 Å². The van der Waals surface area contributed by atoms with Crippen molar-refractivity contribution < 1.29 is 14.3 Å². The van der Waals surface area contributed by atoms with Gasteiger partial charge in [-0.05, 0) is 30.3 Å². The van der Waals surface area contributed by atoms with Crippen molar-refractivity contribution in [2.75, 3.05) is 25.6 Å². The van der Waals surface area contributed by atoms with Crippen molar-refractivity contribution in [1.29, 1.82) is 0 Å². The molecule has 0 fully saturated rings. The zero-order valence-corrected chi connectivity index (χ0v) is 13.3. The lowest BCUT2D eigenvalue weighted by atomic mass is 10.2. The number of hydrogen-bond acceptors (Lipinski definition) is 4. The molecule has 2 amide bonds. The van der Waals surface area contributed by atoms with Gasteiger partial charge in [-0.3, -0.25) is 14.6 Å². The van der Waals surface area contributed by atoms with Crippen LogP contribution >= 0.6 is 11.6 Å². The number of carbonyl (C=O) groups is 2. The van der Waals surface area contributed by atoms with Gasteiger partial charge in [-0.15, -0.1) is 0 Å². The van der Waals surface area contributed by atoms with Crippen LogP contribution in [0.3, 0.4) is 0 Å². The Bertz CT molecular complexity index is 706. The van der Waals surface area contributed by atoms with E-state index in [2.05, 4.69) is 15.6 Å². The van der Waals surface area contributed by atoms with E-state index in [-0.39, 0.29) is 11.6 Å². The predicted molar refractivity (Wildman–Crippen MR) is 87.9 cm³/mol. The summed E-state index contributed by atoms with van der Waals surface area (Å²) in [5.74, 6) is -0.708. The van der Waals surface area contributed by atoms with E-state index in [0.29, 0.717) is 29.4 Å². The van der Waals surface area contributed by atoms with Gasteiger partial charge in [0.25, 0.3) is 11.8 Å². The first kappa shape index (κ1) is 16.9. The van der Waals surface area contributed by atoms with Gasteiger partial charge in [0, 0.05) is 36.1 Å². The molecule has 0 saturated carbocycles. The Morgan fingerprint density at radius 1 is 1.22 bits per heavy atom. The van der Waals surface area contributed by atoms with E-state index in [9.17, 15) is 9.59 Å². The number of pyridine rings is 1. The van der Waals surface area contributed by atoms with Gasteiger partial charge < -0.3 is 15.4 Å². The fraction of sp³-hybridized carbons (Fsp3) is 0.188. The SMILES string of the molecule is COCCNC(=O)c1ccnc(C(=O)Nc2cccc(Cl)c2)c1. The highest BCUT2D eigenvalue weighted by molar-refractivity contribution is 6.30. The van der Waals surface area contributed by atoms with E-state index in [1.807, 2.05) is 0 Å². The fourth-order valence-corrected chi connectivity index (χ4v) is 2.02. The Kier molecular flexibility index (Phi) is 6.08. The Labute approximate surface area is 138 Å². The quantitative estimate of drug-likeness (QED) is 0.795. The topological polar surface area (TPSA) is 80.3 Å². The van der Waals surface area contributed by atoms with Crippen molar-refractivity contribution in [1.82, 2.24) is 10.3 Å². The standard InChI is InChI=1S/C16H16ClN3O3/c1-23-8-7-19-15(21)11-5-6-18-14(9-11)16(22)20-13-4-2-3-12(17)10-13/h2-6,9-10H,7-8H2,1H3,(H,19,21)(H,20,22). The first-order valence-corrected chi connectivity index (χ1v) is 7.28. The van der Waals surface area contributed by atoms with Crippen molar-refractivity contribution in [3.05, 3.63) is 58.9 Å². The molecule has 0 unspecified atom stereocenters. The molecule has 2 rings (SSSR count). The lowest BCUT2D eigenvalue weighted by Gasteiger charge is -2.07. The number of ether oxygens (including phenoxy) is 1. The number of rotatable bonds is 6. The number of hydrogen-bond donors (Lipinski definition) is 2. The van der Waals surface area contributed by atoms with Gasteiger partial charge in [0.1, 0.15) is 5.69 Å². The van der Waals surface area contributed by atoms with Crippen molar-refractivity contribution in [2.45, 2.75) is 0 Å². The van der Waals surface area contributed by atoms with Gasteiger partial charge in [-0.25, -0.2) is 0 Å². The summed E-state index contributed by atoms with van der Waals surface area (Å²) in [5.41, 5.74) is 1.05. The van der Waals surface area contributed by atoms with Crippen LogP contribution in [0.1, 0.15) is 20.8 Å². The molecule has 0 radical (unpaired) electrons. The number of nitrogens with zero attached hydrogens (tertiary/aromatic N) is 1. The van der Waals surface area contributed by atoms with Crippen LogP contribution in [0.5, 0.6) is 0 Å². The van der Waals surface area contributed by atoms with Gasteiger partial charge in [-0.1, -0.05) is 17.7 Å². The summed E-state index contributed by atoms with van der Waals surface area (Å²) in [5, 5.41) is 5.88. The van der Waals surface area contributed by atoms with Crippen LogP contribution in [0.25, 0.3) is 0 Å². The van der Waals surface area contributed by atoms with Crippen LogP contribution in [-0.2, 0) is 4.74 Å². The number of halogens is 1. The molecule has 1 aromatic carbocycles. The number of aromatic nitrogens is 1. The summed E-state index contributed by atoms with van der Waals surface area (Å²) >= 11 is 5.87. The average Bonchev–Trinajstić information content (AvgIpc) is 2.55. The first-order chi connectivity index (χ1) is 11.1. The third-order valence-electron chi connectivity index (χ3n) is 2.93. The lowest BCUT2D eigenvalue weighted by molar-refractivity contribution is 0.0937. The minimum absolute atomic E-state index is 0.143. The summed E-state index contributed by atoms with van der Waals surface area (Å²) < 4.78 is 4.86. The summed E-state index contributed by atoms with van der Waals surface area (Å²) in [6, 6.07) is 9.75. The Hall–Kier alpha value is -2.44. The Morgan fingerprint density at radius 2 is 2.04 bits per heavy atom. The zero-order chi connectivity index (χ0) is 16.7. The number of amides is 2. The summed E-state index contributed by atoms with van der Waals surface area (Å²) in [6.45, 7) is 0.806. The van der Waals surface area contributed by atoms with Gasteiger partial charge >= 0.3 is 0 Å². The van der Waals surface area contributed by atoms with Gasteiger partial charge in [0.2, 0.25) is 0 Å². The molecular weight excluding hydrogens is 318 g/mol. The number of methoxy groups -OCH3 is 1. The highest BCUT2D eigenvalue weighted by atomic mass is 35.5. The molecule has 6 nitrogen and oxygen atoms in total. The van der Waals surface area contributed by atoms with Crippen LogP contribution < -0.4 is 10.6 Å². The third kappa shape index (κ3) is 5.05. The van der Waals surface area contributed by atoms with Gasteiger partial charge in [-0.2, -0.15) is 0 Å². The van der Waals surface area contributed by atoms with Crippen LogP contribution in [-0.4, -0.2) is 37.1 Å². The minimum atomic E-state index is -0.418. The maximum atomic E-state index is 12.2. The maximum absolute atomic E-state index is 12.2. The van der Waals surface area contributed by atoms with Crippen molar-refractivity contribution in [3.8, 4) is 0 Å². The average molecular weight is 334 g/mol. The number of anilines is 1. The molecule has 23 heavy (non-hydrogen) atoms. The van der Waals surface area contributed by atoms with E-state index in [1.165, 1.54) is 18.3 Å². The van der Waals surface area contributed by atoms with E-state index in [1.54, 1.807) is 31.4 Å². The largest absolute Gasteiger partial charge is 0.383 e. The first-order valence-electron chi connectivity index (χ1n) is 6.90. The smallest absolute Gasteiger partial charge is 0.274 e. The molecule has 0 aliphatic heterocycles. The fourth-order valence-electron chi connectivity index (χ4n) is 1.83. The van der Waals surface area contributed by atoms with Crippen LogP contribution in [0.2, 0.25) is 5.02 Å². The molecule has 1 heterocycles. The lowest BCUT2D eigenvalue weighted by Crippen LogP contribution is -2.27. The Morgan fingerprint density at radius 3 is 2.78 bits per heavy atom. The number of carbonyl (C=O) groups excluding carboxylic acids is 2. The Balaban J connectivity index is 2.06. The highest BCUT2D eigenvalue weighted by Crippen LogP contribution is 2.15. The minimum Gasteiger partial charge on any atom is -0.383 e. The van der Waals surface area contributed by atoms with Crippen LogP contribution in [0.4, 0.5) is 5.69 Å². The molecule has 2 aromatic rings. The molecular formula is C16H16ClN3O3. The van der Waals surface area contributed by atoms with Crippen molar-refractivity contribution in [3.63, 3.8) is 0 Å². The third-order valence-corrected chi connectivity index (χ3v) is 3.16. The molecule has 2 N–H and O–H groups in total. The second-order valence-corrected chi connectivity index (χ2v) is 5.08. The maximum Gasteiger partial charge on any atom is 0.274 e. The normalized spacial score (nSPS) is 10.2. The number of benzene rings is 1. The second kappa shape index (κ2) is 8.26. The molecule has 120 valence electrons. The van der Waals surface area contributed by atoms with Crippen molar-refractivity contribution >= 4 is 29.1 Å². The molecule has 0 aliphatic rings. The van der Waals surface area contributed by atoms with E-state index in [4.69, 9.17) is 16.3 Å². The van der Waals surface area contributed by atoms with E-state index < -0.39 is 5.91 Å². The summed E-state index contributed by atoms with van der Waals surface area (Å²) in [6.07, 6.45) is 1.41. The van der Waals surface area contributed by atoms with Gasteiger partial charge in [0.05, 0.1) is 6.61 Å². The van der Waals surface area contributed by atoms with Gasteiger partial charge in [0.15, 0.2) is 0 Å². The summed E-state index contributed by atoms with van der Waals surface area (Å²) in [4.78, 5) is 28.1. The molecule has 7 heteroatoms. The molecule has 0 spiro atoms.